The molecule has 49 heavy (non-hydrogen) atoms. The Hall–Kier alpha value is -3.37. The number of allylic oxidation sites excluding steroid dienone is 2. The van der Waals surface area contributed by atoms with Crippen molar-refractivity contribution in [3.05, 3.63) is 101 Å². The van der Waals surface area contributed by atoms with Crippen molar-refractivity contribution >= 4 is 58.8 Å². The van der Waals surface area contributed by atoms with Gasteiger partial charge in [0.25, 0.3) is 0 Å². The fraction of sp³-hybridized carbons (Fsp3) is 0.364. The molecule has 1 radical (unpaired) electrons. The number of aromatic nitrogens is 1. The van der Waals surface area contributed by atoms with E-state index in [1.54, 1.807) is 5.56 Å². The van der Waals surface area contributed by atoms with Crippen molar-refractivity contribution in [2.24, 2.45) is 0 Å². The van der Waals surface area contributed by atoms with Crippen molar-refractivity contribution in [2.45, 2.75) is 103 Å². The molecule has 2 aliphatic carbocycles. The van der Waals surface area contributed by atoms with Gasteiger partial charge in [0.2, 0.25) is 0 Å². The number of pyridine rings is 1. The molecule has 4 aromatic carbocycles. The van der Waals surface area contributed by atoms with Crippen molar-refractivity contribution < 1.29 is 30.0 Å². The van der Waals surface area contributed by atoms with Gasteiger partial charge in [0.1, 0.15) is 0 Å². The van der Waals surface area contributed by atoms with Gasteiger partial charge in [-0.3, -0.25) is 9.78 Å². The maximum Gasteiger partial charge on any atom is 0.155 e. The van der Waals surface area contributed by atoms with E-state index in [2.05, 4.69) is 94.4 Å². The number of aliphatic hydroxyl groups is 1. The van der Waals surface area contributed by atoms with Crippen LogP contribution in [0.4, 0.5) is 0 Å². The maximum atomic E-state index is 10.0. The zero-order chi connectivity index (χ0) is 33.8. The number of ketones is 1. The average Bonchev–Trinajstić information content (AvgIpc) is 3.41. The zero-order valence-electron chi connectivity index (χ0n) is 29.5. The van der Waals surface area contributed by atoms with Crippen molar-refractivity contribution in [3.8, 4) is 11.3 Å². The predicted octanol–water partition coefficient (Wildman–Crippen LogP) is 12.7. The Bertz CT molecular complexity index is 2230. The predicted molar refractivity (Wildman–Crippen MR) is 205 cm³/mol. The van der Waals surface area contributed by atoms with E-state index < -0.39 is 0 Å². The topological polar surface area (TPSA) is 50.2 Å². The summed E-state index contributed by atoms with van der Waals surface area (Å²) in [5, 5.41) is 16.2. The first kappa shape index (κ1) is 35.5. The van der Waals surface area contributed by atoms with Gasteiger partial charge in [0.15, 0.2) is 5.78 Å². The number of fused-ring (bicyclic) bond motifs is 6. The first-order valence-corrected chi connectivity index (χ1v) is 18.4. The summed E-state index contributed by atoms with van der Waals surface area (Å²) in [5.74, 6) is 0.566. The van der Waals surface area contributed by atoms with Gasteiger partial charge >= 0.3 is 0 Å². The van der Waals surface area contributed by atoms with Gasteiger partial charge in [0.05, 0.1) is 5.76 Å². The van der Waals surface area contributed by atoms with Crippen LogP contribution in [0.2, 0.25) is 0 Å². The second-order valence-electron chi connectivity index (χ2n) is 15.4. The summed E-state index contributed by atoms with van der Waals surface area (Å²) in [6.07, 6.45) is 12.2. The van der Waals surface area contributed by atoms with E-state index >= 15 is 0 Å². The van der Waals surface area contributed by atoms with Crippen LogP contribution in [0.15, 0.2) is 78.7 Å². The SMILES string of the molecule is CC(=O)/C=C(/C)O.CC1(C)CCC(C)(C)c2cc3c(cc21)sc1cc2ccnc(-c4[c-]c5ccccc5c(C5CCCCC5)c4)c2cc13.[Ir]. The van der Waals surface area contributed by atoms with Gasteiger partial charge in [0, 0.05) is 58.2 Å². The van der Waals surface area contributed by atoms with E-state index in [1.807, 2.05) is 17.5 Å². The molecule has 1 saturated carbocycles. The molecule has 1 N–H and O–H groups in total. The minimum Gasteiger partial charge on any atom is -0.512 e. The summed E-state index contributed by atoms with van der Waals surface area (Å²) in [4.78, 5) is 15.0. The van der Waals surface area contributed by atoms with Crippen LogP contribution >= 0.6 is 11.3 Å². The molecule has 0 amide bonds. The van der Waals surface area contributed by atoms with Crippen LogP contribution in [0.25, 0.3) is 53.0 Å². The molecule has 2 aliphatic rings. The van der Waals surface area contributed by atoms with Gasteiger partial charge in [-0.2, -0.15) is 0 Å². The Labute approximate surface area is 308 Å². The van der Waals surface area contributed by atoms with Gasteiger partial charge < -0.3 is 5.11 Å². The number of aliphatic hydroxyl groups excluding tert-OH is 1. The third-order valence-corrected chi connectivity index (χ3v) is 12.0. The van der Waals surface area contributed by atoms with Crippen LogP contribution in [0.1, 0.15) is 109 Å². The third-order valence-electron chi connectivity index (χ3n) is 10.8. The molecule has 2 heterocycles. The molecular formula is C44H46IrNO2S-. The Morgan fingerprint density at radius 3 is 2.16 bits per heavy atom. The van der Waals surface area contributed by atoms with Crippen LogP contribution in [-0.4, -0.2) is 15.9 Å². The average molecular weight is 845 g/mol. The number of benzene rings is 4. The Kier molecular flexibility index (Phi) is 9.94. The zero-order valence-corrected chi connectivity index (χ0v) is 32.7. The summed E-state index contributed by atoms with van der Waals surface area (Å²) in [6.45, 7) is 12.6. The fourth-order valence-corrected chi connectivity index (χ4v) is 9.31. The van der Waals surface area contributed by atoms with E-state index in [-0.39, 0.29) is 42.5 Å². The number of hydrogen-bond donors (Lipinski definition) is 1. The standard InChI is InChI=1S/C39H38NS.C5H8O2.Ir/c1-38(2)15-16-39(3,4)34-23-36-32(22-33(34)38)31-21-30-26(20-35(31)41-36)14-17-40-37(30)27-18-25-12-8-9-13-28(25)29(19-27)24-10-6-5-7-11-24;1-4(6)3-5(2)7;/h8-9,12-14,17,19-24H,5-7,10-11,15-16H2,1-4H3;3,6H,1-2H3;/q-1;;/b;4-3-;. The minimum atomic E-state index is -0.125. The van der Waals surface area contributed by atoms with Crippen LogP contribution in [0, 0.1) is 6.07 Å². The van der Waals surface area contributed by atoms with Gasteiger partial charge in [-0.15, -0.1) is 40.5 Å². The number of nitrogens with zero attached hydrogens (tertiary/aromatic N) is 1. The van der Waals surface area contributed by atoms with Crippen LogP contribution in [0.5, 0.6) is 0 Å². The summed E-state index contributed by atoms with van der Waals surface area (Å²) in [6, 6.07) is 27.1. The monoisotopic (exact) mass is 845 g/mol. The number of rotatable bonds is 3. The normalized spacial score (nSPS) is 17.4. The van der Waals surface area contributed by atoms with E-state index in [0.29, 0.717) is 5.92 Å². The molecule has 3 nitrogen and oxygen atoms in total. The van der Waals surface area contributed by atoms with Crippen molar-refractivity contribution in [2.75, 3.05) is 0 Å². The molecule has 6 aromatic rings. The molecule has 0 atom stereocenters. The van der Waals surface area contributed by atoms with Crippen molar-refractivity contribution in [1.29, 1.82) is 0 Å². The summed E-state index contributed by atoms with van der Waals surface area (Å²) >= 11 is 1.95. The first-order chi connectivity index (χ1) is 22.9. The molecule has 5 heteroatoms. The summed E-state index contributed by atoms with van der Waals surface area (Å²) in [5.41, 5.74) is 7.19. The van der Waals surface area contributed by atoms with E-state index in [1.165, 1.54) is 118 Å². The van der Waals surface area contributed by atoms with Crippen LogP contribution in [0.3, 0.4) is 0 Å². The summed E-state index contributed by atoms with van der Waals surface area (Å²) in [7, 11) is 0. The Morgan fingerprint density at radius 1 is 0.837 bits per heavy atom. The van der Waals surface area contributed by atoms with E-state index in [4.69, 9.17) is 10.1 Å². The van der Waals surface area contributed by atoms with Crippen LogP contribution in [-0.2, 0) is 35.7 Å². The fourth-order valence-electron chi connectivity index (χ4n) is 8.15. The minimum absolute atomic E-state index is 0. The molecule has 0 aliphatic heterocycles. The summed E-state index contributed by atoms with van der Waals surface area (Å²) < 4.78 is 2.78. The van der Waals surface area contributed by atoms with E-state index in [9.17, 15) is 4.79 Å². The van der Waals surface area contributed by atoms with Crippen molar-refractivity contribution in [3.63, 3.8) is 0 Å². The molecule has 8 rings (SSSR count). The van der Waals surface area contributed by atoms with Crippen LogP contribution < -0.4 is 0 Å². The Morgan fingerprint density at radius 2 is 1.49 bits per heavy atom. The molecule has 0 saturated heterocycles. The number of thiophene rings is 1. The number of hydrogen-bond acceptors (Lipinski definition) is 4. The molecular weight excluding hydrogens is 799 g/mol. The second-order valence-corrected chi connectivity index (χ2v) is 16.5. The van der Waals surface area contributed by atoms with Gasteiger partial charge in [-0.25, -0.2) is 0 Å². The molecule has 0 unspecified atom stereocenters. The smallest absolute Gasteiger partial charge is 0.155 e. The molecule has 255 valence electrons. The molecule has 0 bridgehead atoms. The Balaban J connectivity index is 0.000000474. The first-order valence-electron chi connectivity index (χ1n) is 17.5. The molecule has 2 aromatic heterocycles. The van der Waals surface area contributed by atoms with Gasteiger partial charge in [-0.05, 0) is 102 Å². The molecule has 1 fully saturated rings. The number of carbonyl (C=O) groups excluding carboxylic acids is 1. The third kappa shape index (κ3) is 6.87. The molecule has 0 spiro atoms. The van der Waals surface area contributed by atoms with Gasteiger partial charge in [-0.1, -0.05) is 82.2 Å². The van der Waals surface area contributed by atoms with Crippen molar-refractivity contribution in [1.82, 2.24) is 4.98 Å². The maximum absolute atomic E-state index is 10.0. The quantitative estimate of drug-likeness (QED) is 0.110. The largest absolute Gasteiger partial charge is 0.512 e. The van der Waals surface area contributed by atoms with E-state index in [0.717, 1.165) is 11.3 Å². The number of carbonyl (C=O) groups is 1. The second kappa shape index (κ2) is 13.7.